The Hall–Kier alpha value is -1.96. The van der Waals surface area contributed by atoms with E-state index >= 15 is 0 Å². The number of nitrogens with zero attached hydrogens (tertiary/aromatic N) is 2. The van der Waals surface area contributed by atoms with Gasteiger partial charge < -0.3 is 14.4 Å². The van der Waals surface area contributed by atoms with Crippen molar-refractivity contribution in [2.75, 3.05) is 20.3 Å². The third-order valence-electron chi connectivity index (χ3n) is 6.10. The van der Waals surface area contributed by atoms with E-state index in [1.54, 1.807) is 10.6 Å². The van der Waals surface area contributed by atoms with Gasteiger partial charge in [-0.2, -0.15) is 0 Å². The van der Waals surface area contributed by atoms with Crippen LogP contribution in [0.2, 0.25) is 0 Å². The summed E-state index contributed by atoms with van der Waals surface area (Å²) in [5, 5.41) is 10.1. The Kier molecular flexibility index (Phi) is 5.40. The second kappa shape index (κ2) is 7.81. The first-order valence-electron chi connectivity index (χ1n) is 9.44. The molecule has 2 aromatic rings. The minimum atomic E-state index is -0.495. The number of halogens is 1. The number of benzene rings is 1. The van der Waals surface area contributed by atoms with Crippen LogP contribution in [0.4, 0.5) is 0 Å². The first-order valence-corrected chi connectivity index (χ1v) is 10.2. The molecule has 1 fully saturated rings. The lowest BCUT2D eigenvalue weighted by molar-refractivity contribution is -0.148. The normalized spacial score (nSPS) is 26.1. The zero-order valence-electron chi connectivity index (χ0n) is 15.6. The predicted octanol–water partition coefficient (Wildman–Crippen LogP) is 1.99. The first-order chi connectivity index (χ1) is 13.6. The molecule has 0 saturated carbocycles. The molecule has 0 aliphatic carbocycles. The summed E-state index contributed by atoms with van der Waals surface area (Å²) in [5.74, 6) is -1.10. The quantitative estimate of drug-likeness (QED) is 0.711. The van der Waals surface area contributed by atoms with Crippen molar-refractivity contribution in [2.45, 2.75) is 25.0 Å². The van der Waals surface area contributed by atoms with Crippen LogP contribution in [0.15, 0.2) is 51.7 Å². The number of hydrogen-bond donors (Lipinski definition) is 1. The summed E-state index contributed by atoms with van der Waals surface area (Å²) in [6, 6.07) is 13.5. The summed E-state index contributed by atoms with van der Waals surface area (Å²) < 4.78 is 7.32. The van der Waals surface area contributed by atoms with Gasteiger partial charge in [0.15, 0.2) is 0 Å². The van der Waals surface area contributed by atoms with Gasteiger partial charge in [-0.25, -0.2) is 0 Å². The van der Waals surface area contributed by atoms with Crippen LogP contribution in [0.3, 0.4) is 0 Å². The third-order valence-corrected chi connectivity index (χ3v) is 6.70. The molecule has 4 rings (SSSR count). The smallest absolute Gasteiger partial charge is 0.311 e. The maximum atomic E-state index is 12.7. The van der Waals surface area contributed by atoms with Crippen LogP contribution in [0.25, 0.3) is 0 Å². The van der Waals surface area contributed by atoms with E-state index in [0.29, 0.717) is 11.0 Å². The van der Waals surface area contributed by atoms with Crippen LogP contribution in [-0.4, -0.2) is 46.8 Å². The minimum Gasteiger partial charge on any atom is -0.469 e. The van der Waals surface area contributed by atoms with E-state index in [9.17, 15) is 14.7 Å². The fraction of sp³-hybridized carbons (Fsp3) is 0.429. The van der Waals surface area contributed by atoms with Crippen molar-refractivity contribution in [3.63, 3.8) is 0 Å². The molecule has 2 bridgehead atoms. The van der Waals surface area contributed by atoms with Crippen molar-refractivity contribution in [3.05, 3.63) is 68.5 Å². The zero-order valence-corrected chi connectivity index (χ0v) is 17.2. The van der Waals surface area contributed by atoms with Crippen molar-refractivity contribution < 1.29 is 14.6 Å². The second-order valence-electron chi connectivity index (χ2n) is 7.40. The van der Waals surface area contributed by atoms with E-state index in [1.165, 1.54) is 12.7 Å². The summed E-state index contributed by atoms with van der Waals surface area (Å²) in [7, 11) is 1.38. The van der Waals surface area contributed by atoms with Gasteiger partial charge in [0.1, 0.15) is 0 Å². The fourth-order valence-corrected chi connectivity index (χ4v) is 5.15. The Morgan fingerprint density at radius 2 is 2.00 bits per heavy atom. The van der Waals surface area contributed by atoms with Gasteiger partial charge in [0.05, 0.1) is 23.5 Å². The summed E-state index contributed by atoms with van der Waals surface area (Å²) in [6.45, 7) is 1.08. The van der Waals surface area contributed by atoms with E-state index in [0.717, 1.165) is 18.7 Å². The maximum absolute atomic E-state index is 12.7. The number of hydrogen-bond acceptors (Lipinski definition) is 5. The molecule has 1 saturated heterocycles. The van der Waals surface area contributed by atoms with E-state index in [2.05, 4.69) is 33.0 Å². The van der Waals surface area contributed by atoms with Gasteiger partial charge in [0.25, 0.3) is 5.56 Å². The number of carbonyl (C=O) groups is 1. The predicted molar refractivity (Wildman–Crippen MR) is 108 cm³/mol. The molecule has 0 spiro atoms. The lowest BCUT2D eigenvalue weighted by atomic mass is 9.87. The number of ether oxygens (including phenoxy) is 1. The summed E-state index contributed by atoms with van der Waals surface area (Å²) in [5.41, 5.74) is 1.93. The Morgan fingerprint density at radius 3 is 2.68 bits per heavy atom. The van der Waals surface area contributed by atoms with Crippen LogP contribution in [0, 0.1) is 11.8 Å². The van der Waals surface area contributed by atoms with Crippen LogP contribution in [0.5, 0.6) is 0 Å². The SMILES string of the molecule is COC(=O)[C@@H]1[C@@H](CO)[C@@H]2Cn3c(ccc(Br)c3=O)[C@H]1N2CCc1ccccc1. The molecular weight excluding hydrogens is 424 g/mol. The lowest BCUT2D eigenvalue weighted by Gasteiger charge is -2.38. The molecule has 1 aromatic heterocycles. The van der Waals surface area contributed by atoms with Gasteiger partial charge in [-0.15, -0.1) is 0 Å². The Balaban J connectivity index is 1.75. The molecular formula is C21H23BrN2O4. The fourth-order valence-electron chi connectivity index (χ4n) is 4.81. The molecule has 1 aromatic carbocycles. The van der Waals surface area contributed by atoms with Crippen molar-refractivity contribution >= 4 is 21.9 Å². The molecule has 6 nitrogen and oxygen atoms in total. The van der Waals surface area contributed by atoms with Gasteiger partial charge in [0, 0.05) is 37.4 Å². The van der Waals surface area contributed by atoms with Gasteiger partial charge in [-0.3, -0.25) is 14.5 Å². The minimum absolute atomic E-state index is 0.0951. The first kappa shape index (κ1) is 19.4. The molecule has 2 aliphatic heterocycles. The maximum Gasteiger partial charge on any atom is 0.311 e. The van der Waals surface area contributed by atoms with Crippen LogP contribution < -0.4 is 5.56 Å². The Morgan fingerprint density at radius 1 is 1.25 bits per heavy atom. The average Bonchev–Trinajstić information content (AvgIpc) is 2.94. The van der Waals surface area contributed by atoms with E-state index in [4.69, 9.17) is 4.74 Å². The highest BCUT2D eigenvalue weighted by molar-refractivity contribution is 9.10. The zero-order chi connectivity index (χ0) is 19.8. The third kappa shape index (κ3) is 3.11. The summed E-state index contributed by atoms with van der Waals surface area (Å²) >= 11 is 3.31. The highest BCUT2D eigenvalue weighted by Crippen LogP contribution is 2.48. The molecule has 0 radical (unpaired) electrons. The van der Waals surface area contributed by atoms with Crippen molar-refractivity contribution in [2.24, 2.45) is 11.8 Å². The van der Waals surface area contributed by atoms with Crippen LogP contribution >= 0.6 is 15.9 Å². The molecule has 1 N–H and O–H groups in total. The summed E-state index contributed by atoms with van der Waals surface area (Å²) in [6.07, 6.45) is 0.834. The van der Waals surface area contributed by atoms with E-state index in [-0.39, 0.29) is 36.1 Å². The van der Waals surface area contributed by atoms with E-state index in [1.807, 2.05) is 24.3 Å². The topological polar surface area (TPSA) is 71.8 Å². The number of fused-ring (bicyclic) bond motifs is 4. The van der Waals surface area contributed by atoms with Gasteiger partial charge >= 0.3 is 5.97 Å². The monoisotopic (exact) mass is 446 g/mol. The summed E-state index contributed by atoms with van der Waals surface area (Å²) in [4.78, 5) is 27.6. The number of rotatable bonds is 5. The van der Waals surface area contributed by atoms with Gasteiger partial charge in [-0.05, 0) is 40.0 Å². The molecule has 148 valence electrons. The largest absolute Gasteiger partial charge is 0.469 e. The molecule has 7 heteroatoms. The number of aromatic nitrogens is 1. The van der Waals surface area contributed by atoms with Crippen molar-refractivity contribution in [3.8, 4) is 0 Å². The number of pyridine rings is 1. The number of carbonyl (C=O) groups excluding carboxylic acids is 1. The highest BCUT2D eigenvalue weighted by Gasteiger charge is 2.56. The highest BCUT2D eigenvalue weighted by atomic mass is 79.9. The van der Waals surface area contributed by atoms with Gasteiger partial charge in [-0.1, -0.05) is 30.3 Å². The lowest BCUT2D eigenvalue weighted by Crippen LogP contribution is -2.47. The van der Waals surface area contributed by atoms with Crippen molar-refractivity contribution in [1.29, 1.82) is 0 Å². The standard InChI is InChI=1S/C21H23BrN2O4/c1-28-21(27)18-14(12-25)17-11-24-16(8-7-15(22)20(24)26)19(18)23(17)10-9-13-5-3-2-4-6-13/h2-8,14,17-19,25H,9-12H2,1H3/t14-,17-,18+,19+/m0/s1. The Labute approximate surface area is 171 Å². The molecule has 2 aliphatic rings. The number of esters is 1. The van der Waals surface area contributed by atoms with Gasteiger partial charge in [0.2, 0.25) is 0 Å². The van der Waals surface area contributed by atoms with Crippen molar-refractivity contribution in [1.82, 2.24) is 9.47 Å². The molecule has 0 unspecified atom stereocenters. The average molecular weight is 447 g/mol. The number of aliphatic hydroxyl groups excluding tert-OH is 1. The molecule has 3 heterocycles. The molecule has 28 heavy (non-hydrogen) atoms. The Bertz CT molecular complexity index is 930. The molecule has 4 atom stereocenters. The number of methoxy groups -OCH3 is 1. The second-order valence-corrected chi connectivity index (χ2v) is 8.26. The number of aliphatic hydroxyl groups is 1. The molecule has 0 amide bonds. The van der Waals surface area contributed by atoms with E-state index < -0.39 is 5.92 Å². The van der Waals surface area contributed by atoms with Crippen LogP contribution in [0.1, 0.15) is 17.3 Å². The van der Waals surface area contributed by atoms with Crippen LogP contribution in [-0.2, 0) is 22.5 Å².